The SMILES string of the molecule is Cc1nc(N2C(=O)NC(=O)C3(CCC3)C2=O)sc1C. The van der Waals surface area contributed by atoms with Gasteiger partial charge >= 0.3 is 6.03 Å². The van der Waals surface area contributed by atoms with Crippen molar-refractivity contribution >= 4 is 34.3 Å². The van der Waals surface area contributed by atoms with E-state index in [2.05, 4.69) is 10.3 Å². The van der Waals surface area contributed by atoms with Crippen molar-refractivity contribution in [2.24, 2.45) is 5.41 Å². The molecule has 0 unspecified atom stereocenters. The van der Waals surface area contributed by atoms with Crippen LogP contribution in [0, 0.1) is 19.3 Å². The van der Waals surface area contributed by atoms with E-state index in [-0.39, 0.29) is 0 Å². The smallest absolute Gasteiger partial charge is 0.276 e. The zero-order chi connectivity index (χ0) is 13.8. The van der Waals surface area contributed by atoms with Crippen molar-refractivity contribution < 1.29 is 14.4 Å². The van der Waals surface area contributed by atoms with Gasteiger partial charge in [0.05, 0.1) is 5.69 Å². The number of carbonyl (C=O) groups is 3. The van der Waals surface area contributed by atoms with Gasteiger partial charge < -0.3 is 0 Å². The zero-order valence-electron chi connectivity index (χ0n) is 10.6. The predicted molar refractivity (Wildman–Crippen MR) is 68.9 cm³/mol. The van der Waals surface area contributed by atoms with Crippen LogP contribution >= 0.6 is 11.3 Å². The molecule has 3 rings (SSSR count). The van der Waals surface area contributed by atoms with Crippen LogP contribution in [0.4, 0.5) is 9.93 Å². The summed E-state index contributed by atoms with van der Waals surface area (Å²) in [5.41, 5.74) is -0.248. The number of nitrogens with one attached hydrogen (secondary N) is 1. The van der Waals surface area contributed by atoms with Crippen molar-refractivity contribution in [3.05, 3.63) is 10.6 Å². The van der Waals surface area contributed by atoms with Gasteiger partial charge in [0.25, 0.3) is 5.91 Å². The number of anilines is 1. The van der Waals surface area contributed by atoms with Gasteiger partial charge in [-0.3, -0.25) is 14.9 Å². The number of imide groups is 2. The third-order valence-corrected chi connectivity index (χ3v) is 4.94. The van der Waals surface area contributed by atoms with Crippen LogP contribution in [0.5, 0.6) is 0 Å². The number of aromatic nitrogens is 1. The Hall–Kier alpha value is -1.76. The summed E-state index contributed by atoms with van der Waals surface area (Å²) in [4.78, 5) is 42.5. The first kappa shape index (κ1) is 12.3. The van der Waals surface area contributed by atoms with Gasteiger partial charge in [0.1, 0.15) is 5.41 Å². The Kier molecular flexibility index (Phi) is 2.50. The number of thiazole rings is 1. The van der Waals surface area contributed by atoms with Crippen LogP contribution in [0.15, 0.2) is 0 Å². The van der Waals surface area contributed by atoms with Gasteiger partial charge in [-0.15, -0.1) is 11.3 Å². The molecular weight excluding hydrogens is 266 g/mol. The van der Waals surface area contributed by atoms with Crippen LogP contribution in [0.25, 0.3) is 0 Å². The zero-order valence-corrected chi connectivity index (χ0v) is 11.5. The highest BCUT2D eigenvalue weighted by atomic mass is 32.1. The molecule has 19 heavy (non-hydrogen) atoms. The Morgan fingerprint density at radius 3 is 2.42 bits per heavy atom. The summed E-state index contributed by atoms with van der Waals surface area (Å²) in [5, 5.41) is 2.62. The number of hydrogen-bond donors (Lipinski definition) is 1. The lowest BCUT2D eigenvalue weighted by molar-refractivity contribution is -0.148. The van der Waals surface area contributed by atoms with Crippen molar-refractivity contribution in [2.45, 2.75) is 33.1 Å². The third kappa shape index (κ3) is 1.54. The summed E-state index contributed by atoms with van der Waals surface area (Å²) in [6.07, 6.45) is 1.84. The van der Waals surface area contributed by atoms with Gasteiger partial charge in [-0.1, -0.05) is 6.42 Å². The van der Waals surface area contributed by atoms with Crippen LogP contribution in [0.2, 0.25) is 0 Å². The lowest BCUT2D eigenvalue weighted by atomic mass is 9.66. The fourth-order valence-corrected chi connectivity index (χ4v) is 3.28. The van der Waals surface area contributed by atoms with E-state index in [1.165, 1.54) is 11.3 Å². The largest absolute Gasteiger partial charge is 0.337 e. The number of rotatable bonds is 1. The fourth-order valence-electron chi connectivity index (χ4n) is 2.37. The molecule has 1 saturated heterocycles. The molecule has 1 N–H and O–H groups in total. The van der Waals surface area contributed by atoms with Gasteiger partial charge in [-0.05, 0) is 26.7 Å². The van der Waals surface area contributed by atoms with Crippen molar-refractivity contribution in [3.8, 4) is 0 Å². The fraction of sp³-hybridized carbons (Fsp3) is 0.500. The summed E-state index contributed by atoms with van der Waals surface area (Å²) < 4.78 is 0. The highest BCUT2D eigenvalue weighted by molar-refractivity contribution is 7.16. The Bertz CT molecular complexity index is 584. The molecule has 1 saturated carbocycles. The molecule has 4 amide bonds. The van der Waals surface area contributed by atoms with E-state index in [0.717, 1.165) is 21.9 Å². The number of aryl methyl sites for hydroxylation is 2. The topological polar surface area (TPSA) is 79.4 Å². The molecule has 2 heterocycles. The van der Waals surface area contributed by atoms with E-state index >= 15 is 0 Å². The molecular formula is C12H13N3O3S. The van der Waals surface area contributed by atoms with Gasteiger partial charge in [0, 0.05) is 4.88 Å². The van der Waals surface area contributed by atoms with E-state index < -0.39 is 23.3 Å². The normalized spacial score (nSPS) is 21.6. The number of hydrogen-bond acceptors (Lipinski definition) is 5. The van der Waals surface area contributed by atoms with Crippen molar-refractivity contribution in [1.82, 2.24) is 10.3 Å². The number of amides is 4. The monoisotopic (exact) mass is 279 g/mol. The van der Waals surface area contributed by atoms with E-state index in [4.69, 9.17) is 0 Å². The minimum Gasteiger partial charge on any atom is -0.276 e. The molecule has 1 spiro atoms. The maximum absolute atomic E-state index is 12.5. The highest BCUT2D eigenvalue weighted by Gasteiger charge is 2.58. The van der Waals surface area contributed by atoms with Crippen LogP contribution in [0.1, 0.15) is 29.8 Å². The molecule has 7 heteroatoms. The summed E-state index contributed by atoms with van der Waals surface area (Å²) in [6, 6.07) is -0.693. The minimum atomic E-state index is -1.04. The Morgan fingerprint density at radius 2 is 1.95 bits per heavy atom. The molecule has 0 bridgehead atoms. The van der Waals surface area contributed by atoms with E-state index in [9.17, 15) is 14.4 Å². The van der Waals surface area contributed by atoms with Crippen LogP contribution in [-0.4, -0.2) is 22.8 Å². The van der Waals surface area contributed by atoms with E-state index in [1.54, 1.807) is 0 Å². The summed E-state index contributed by atoms with van der Waals surface area (Å²) in [7, 11) is 0. The van der Waals surface area contributed by atoms with Crippen LogP contribution < -0.4 is 10.2 Å². The number of urea groups is 1. The second kappa shape index (κ2) is 3.86. The molecule has 2 fully saturated rings. The first-order valence-corrected chi connectivity index (χ1v) is 6.91. The van der Waals surface area contributed by atoms with Crippen molar-refractivity contribution in [2.75, 3.05) is 4.90 Å². The first-order valence-electron chi connectivity index (χ1n) is 6.10. The average molecular weight is 279 g/mol. The number of barbiturate groups is 1. The molecule has 1 aromatic rings. The molecule has 0 atom stereocenters. The van der Waals surface area contributed by atoms with Gasteiger partial charge in [0.2, 0.25) is 11.0 Å². The second-order valence-corrected chi connectivity index (χ2v) is 6.16. The molecule has 1 aromatic heterocycles. The average Bonchev–Trinajstić information content (AvgIpc) is 2.56. The third-order valence-electron chi connectivity index (χ3n) is 3.89. The van der Waals surface area contributed by atoms with Gasteiger partial charge in [-0.25, -0.2) is 14.7 Å². The number of carbonyl (C=O) groups excluding carboxylic acids is 3. The standard InChI is InChI=1S/C12H13N3O3S/c1-6-7(2)19-11(13-6)15-9(17)12(4-3-5-12)8(16)14-10(15)18/h3-5H2,1-2H3,(H,14,16,18). The Morgan fingerprint density at radius 1 is 1.26 bits per heavy atom. The molecule has 6 nitrogen and oxygen atoms in total. The van der Waals surface area contributed by atoms with E-state index in [1.807, 2.05) is 13.8 Å². The highest BCUT2D eigenvalue weighted by Crippen LogP contribution is 2.45. The summed E-state index contributed by atoms with van der Waals surface area (Å²) >= 11 is 1.29. The predicted octanol–water partition coefficient (Wildman–Crippen LogP) is 1.51. The second-order valence-electron chi connectivity index (χ2n) is 4.97. The van der Waals surface area contributed by atoms with Crippen LogP contribution in [0.3, 0.4) is 0 Å². The van der Waals surface area contributed by atoms with Crippen molar-refractivity contribution in [3.63, 3.8) is 0 Å². The maximum Gasteiger partial charge on any atom is 0.337 e. The van der Waals surface area contributed by atoms with E-state index in [0.29, 0.717) is 18.0 Å². The first-order chi connectivity index (χ1) is 8.95. The quantitative estimate of drug-likeness (QED) is 0.790. The molecule has 2 aliphatic rings. The van der Waals surface area contributed by atoms with Crippen molar-refractivity contribution in [1.29, 1.82) is 0 Å². The molecule has 0 radical (unpaired) electrons. The molecule has 100 valence electrons. The molecule has 1 aliphatic heterocycles. The number of nitrogens with zero attached hydrogens (tertiary/aromatic N) is 2. The molecule has 1 aliphatic carbocycles. The van der Waals surface area contributed by atoms with Crippen LogP contribution in [-0.2, 0) is 9.59 Å². The Balaban J connectivity index is 2.02. The lowest BCUT2D eigenvalue weighted by Gasteiger charge is -2.43. The summed E-state index contributed by atoms with van der Waals surface area (Å²) in [5.74, 6) is -0.892. The summed E-state index contributed by atoms with van der Waals surface area (Å²) in [6.45, 7) is 3.71. The maximum atomic E-state index is 12.5. The lowest BCUT2D eigenvalue weighted by Crippen LogP contribution is -2.66. The Labute approximate surface area is 113 Å². The van der Waals surface area contributed by atoms with Gasteiger partial charge in [0.15, 0.2) is 0 Å². The minimum absolute atomic E-state index is 0.344. The molecule has 0 aromatic carbocycles. The van der Waals surface area contributed by atoms with Gasteiger partial charge in [-0.2, -0.15) is 0 Å².